The number of ether oxygens (including phenoxy) is 12. The molecule has 0 saturated carbocycles. The van der Waals surface area contributed by atoms with Crippen LogP contribution < -0.4 is 50.8 Å². The molecule has 0 aliphatic carbocycles. The van der Waals surface area contributed by atoms with Crippen molar-refractivity contribution in [2.45, 2.75) is 209 Å². The first-order valence-corrected chi connectivity index (χ1v) is 34.9. The summed E-state index contributed by atoms with van der Waals surface area (Å²) in [5, 5.41) is 33.8. The third kappa shape index (κ3) is 38.4. The highest BCUT2D eigenvalue weighted by Crippen LogP contribution is 2.30. The molecular formula is C76H102N8O26. The molecule has 4 aromatic rings. The van der Waals surface area contributed by atoms with Crippen molar-refractivity contribution in [3.8, 4) is 23.0 Å². The van der Waals surface area contributed by atoms with Crippen LogP contribution in [-0.2, 0) is 79.5 Å². The van der Waals surface area contributed by atoms with E-state index in [9.17, 15) is 67.7 Å². The Balaban J connectivity index is 1.49. The number of aliphatic carboxylic acids is 2. The van der Waals surface area contributed by atoms with Gasteiger partial charge in [0.25, 0.3) is 0 Å². The van der Waals surface area contributed by atoms with E-state index in [1.807, 2.05) is 0 Å². The summed E-state index contributed by atoms with van der Waals surface area (Å²) in [6, 6.07) is 17.1. The number of hydrogen-bond acceptors (Lipinski definition) is 24. The van der Waals surface area contributed by atoms with E-state index in [0.29, 0.717) is 11.1 Å². The van der Waals surface area contributed by atoms with Gasteiger partial charge in [0.2, 0.25) is 23.7 Å². The molecule has 110 heavy (non-hydrogen) atoms. The number of anilines is 2. The number of carbonyl (C=O) groups is 12. The van der Waals surface area contributed by atoms with Crippen LogP contribution in [0, 0.1) is 0 Å². The molecule has 4 rings (SSSR count). The summed E-state index contributed by atoms with van der Waals surface area (Å²) in [5.74, 6) is -7.98. The Hall–Kier alpha value is -11.4. The fourth-order valence-corrected chi connectivity index (χ4v) is 8.85. The van der Waals surface area contributed by atoms with E-state index in [4.69, 9.17) is 56.8 Å². The number of carbonyl (C=O) groups excluding carboxylic acids is 10. The molecule has 0 spiro atoms. The molecule has 0 heterocycles. The molecule has 0 saturated heterocycles. The van der Waals surface area contributed by atoms with Crippen molar-refractivity contribution < 1.29 is 125 Å². The molecule has 0 aromatic heterocycles. The summed E-state index contributed by atoms with van der Waals surface area (Å²) in [7, 11) is 0. The summed E-state index contributed by atoms with van der Waals surface area (Å²) < 4.78 is 67.4. The highest BCUT2D eigenvalue weighted by Gasteiger charge is 2.32. The van der Waals surface area contributed by atoms with Crippen molar-refractivity contribution in [2.24, 2.45) is 9.98 Å². The molecule has 0 aliphatic rings. The number of carboxylic acids is 2. The lowest BCUT2D eigenvalue weighted by Crippen LogP contribution is -2.46. The van der Waals surface area contributed by atoms with Crippen LogP contribution in [-0.4, -0.2) is 179 Å². The van der Waals surface area contributed by atoms with E-state index in [0.717, 1.165) is 0 Å². The lowest BCUT2D eigenvalue weighted by molar-refractivity contribution is -0.165. The van der Waals surface area contributed by atoms with Gasteiger partial charge < -0.3 is 88.3 Å². The molecule has 0 aliphatic heterocycles. The minimum atomic E-state index is -1.70. The summed E-state index contributed by atoms with van der Waals surface area (Å²) in [5.41, 5.74) is -3.92. The van der Waals surface area contributed by atoms with Crippen molar-refractivity contribution >= 4 is 95.3 Å². The second-order valence-electron chi connectivity index (χ2n) is 30.3. The maximum Gasteiger partial charge on any atom is 0.437 e. The van der Waals surface area contributed by atoms with Gasteiger partial charge in [-0.1, -0.05) is 12.1 Å². The summed E-state index contributed by atoms with van der Waals surface area (Å²) in [4.78, 5) is 161. The number of carboxylic acid groups (broad SMARTS) is 2. The monoisotopic (exact) mass is 1540 g/mol. The Kier molecular flexibility index (Phi) is 34.1. The predicted octanol–water partition coefficient (Wildman–Crippen LogP) is 10.5. The molecule has 0 radical (unpaired) electrons. The third-order valence-electron chi connectivity index (χ3n) is 13.1. The van der Waals surface area contributed by atoms with E-state index < -0.39 is 131 Å². The van der Waals surface area contributed by atoms with Gasteiger partial charge in [-0.05, 0) is 209 Å². The molecule has 0 bridgehead atoms. The van der Waals surface area contributed by atoms with Gasteiger partial charge in [-0.3, -0.25) is 29.8 Å². The maximum atomic E-state index is 13.7. The highest BCUT2D eigenvalue weighted by molar-refractivity contribution is 6.07. The molecule has 6 amide bonds. The Bertz CT molecular complexity index is 3940. The number of benzene rings is 4. The Morgan fingerprint density at radius 1 is 0.409 bits per heavy atom. The average molecular weight is 1540 g/mol. The van der Waals surface area contributed by atoms with Gasteiger partial charge in [0.15, 0.2) is 0 Å². The van der Waals surface area contributed by atoms with E-state index in [-0.39, 0.29) is 123 Å². The summed E-state index contributed by atoms with van der Waals surface area (Å²) in [6.45, 7) is 29.4. The number of amides is 6. The molecule has 602 valence electrons. The topological polar surface area (TPSA) is 453 Å². The molecule has 0 unspecified atom stereocenters. The number of nitrogens with one attached hydrogen (secondary N) is 6. The first-order chi connectivity index (χ1) is 50.9. The SMILES string of the molecule is CC(C)(C)OC(=O)C[C@H](NC(=O)CCc1ccc(OC(=O)c2ccc(NC(=NC(=O)OC(C)(C)C)NC(=O)OC(C)(C)C)cc2)cc1OCCOCCOCCOc1cc(OC(=O)c2ccc(NC(=NC(=O)OC(C)(C)C)NC(=O)OC(C)(C)C)cc2)ccc1CCC(=O)N[C@@H](CC(=O)O)C(=O)O)C(=O)OC(C)(C)C. The highest BCUT2D eigenvalue weighted by atomic mass is 16.6. The maximum absolute atomic E-state index is 13.7. The Labute approximate surface area is 638 Å². The minimum absolute atomic E-state index is 0.00144. The summed E-state index contributed by atoms with van der Waals surface area (Å²) in [6.07, 6.45) is -5.84. The van der Waals surface area contributed by atoms with Crippen molar-refractivity contribution in [2.75, 3.05) is 50.3 Å². The van der Waals surface area contributed by atoms with Crippen LogP contribution in [0.2, 0.25) is 0 Å². The van der Waals surface area contributed by atoms with Crippen LogP contribution in [0.3, 0.4) is 0 Å². The Morgan fingerprint density at radius 3 is 1.11 bits per heavy atom. The third-order valence-corrected chi connectivity index (χ3v) is 13.1. The van der Waals surface area contributed by atoms with E-state index in [2.05, 4.69) is 41.9 Å². The minimum Gasteiger partial charge on any atom is -0.491 e. The molecule has 4 aromatic carbocycles. The normalized spacial score (nSPS) is 12.6. The van der Waals surface area contributed by atoms with Gasteiger partial charge >= 0.3 is 60.2 Å². The van der Waals surface area contributed by atoms with Crippen LogP contribution in [0.4, 0.5) is 30.6 Å². The fraction of sp³-hybridized carbons (Fsp3) is 0.500. The van der Waals surface area contributed by atoms with Gasteiger partial charge in [-0.25, -0.2) is 38.4 Å². The largest absolute Gasteiger partial charge is 0.491 e. The number of aryl methyl sites for hydroxylation is 2. The van der Waals surface area contributed by atoms with Crippen LogP contribution >= 0.6 is 0 Å². The number of alkyl carbamates (subject to hydrolysis) is 2. The van der Waals surface area contributed by atoms with Gasteiger partial charge in [-0.15, -0.1) is 9.98 Å². The second-order valence-corrected chi connectivity index (χ2v) is 30.3. The zero-order chi connectivity index (χ0) is 82.5. The van der Waals surface area contributed by atoms with Crippen molar-refractivity contribution in [3.05, 3.63) is 107 Å². The fourth-order valence-electron chi connectivity index (χ4n) is 8.85. The molecule has 0 fully saturated rings. The molecule has 34 nitrogen and oxygen atoms in total. The zero-order valence-electron chi connectivity index (χ0n) is 65.3. The van der Waals surface area contributed by atoms with E-state index in [1.165, 1.54) is 78.9 Å². The lowest BCUT2D eigenvalue weighted by atomic mass is 10.1. The number of guanidine groups is 2. The van der Waals surface area contributed by atoms with Crippen LogP contribution in [0.5, 0.6) is 23.0 Å². The summed E-state index contributed by atoms with van der Waals surface area (Å²) >= 11 is 0. The first-order valence-electron chi connectivity index (χ1n) is 34.9. The van der Waals surface area contributed by atoms with Gasteiger partial charge in [-0.2, -0.15) is 0 Å². The molecule has 2 atom stereocenters. The number of nitrogens with zero attached hydrogens (tertiary/aromatic N) is 2. The predicted molar refractivity (Wildman–Crippen MR) is 398 cm³/mol. The van der Waals surface area contributed by atoms with Gasteiger partial charge in [0.1, 0.15) is 81.9 Å². The quantitative estimate of drug-likeness (QED) is 0.00579. The van der Waals surface area contributed by atoms with Crippen molar-refractivity contribution in [3.63, 3.8) is 0 Å². The second kappa shape index (κ2) is 41.2. The number of aliphatic imine (C=N–C) groups is 2. The van der Waals surface area contributed by atoms with Crippen molar-refractivity contribution in [1.82, 2.24) is 21.3 Å². The number of rotatable bonds is 31. The lowest BCUT2D eigenvalue weighted by Gasteiger charge is -2.25. The number of esters is 4. The molecular weight excluding hydrogens is 1440 g/mol. The van der Waals surface area contributed by atoms with Crippen LogP contribution in [0.25, 0.3) is 0 Å². The van der Waals surface area contributed by atoms with Gasteiger partial charge in [0, 0.05) is 36.3 Å². The molecule has 8 N–H and O–H groups in total. The van der Waals surface area contributed by atoms with E-state index >= 15 is 0 Å². The van der Waals surface area contributed by atoms with E-state index in [1.54, 1.807) is 131 Å². The van der Waals surface area contributed by atoms with Crippen LogP contribution in [0.15, 0.2) is 94.9 Å². The number of hydrogen-bond donors (Lipinski definition) is 8. The standard InChI is InChI=1S/C76H102N8O26/c1-71(2,3)105-60(89)44-54(64(94)106-72(4,5)6)80-58(86)34-26-46-24-32-52(104-63(93)48-21-29-50(30-22-48)78-66(83-69(97)109-75(13,14)15)84-70(98)110-76(16,17)18)42-56(46)102-40-38-100-36-35-99-37-39-101-55-41-51(31-23-45(55)25-33-57(85)79-53(61(90)91)43-59(87)88)103-62(92)47-19-27-49(28-20-47)77-65(81-67(95)107-73(7,8)9)82-68(96)108-74(10,11)12/h19-24,27-32,41-42,53-54H,25-26,33-40,43-44H2,1-18H3,(H,79,85)(H,80,86)(H,87,88)(H,90,91)(H2,77,81,82,95,96)(H2,78,83,84,97,98)/t53-,54-/m0/s1. The first kappa shape index (κ1) is 91.0. The average Bonchev–Trinajstić information content (AvgIpc) is 0.838. The van der Waals surface area contributed by atoms with Crippen LogP contribution in [0.1, 0.15) is 182 Å². The Morgan fingerprint density at radius 2 is 0.764 bits per heavy atom. The van der Waals surface area contributed by atoms with Gasteiger partial charge in [0.05, 0.1) is 50.4 Å². The smallest absolute Gasteiger partial charge is 0.437 e. The molecule has 34 heteroatoms. The van der Waals surface area contributed by atoms with Crippen molar-refractivity contribution in [1.29, 1.82) is 0 Å². The zero-order valence-corrected chi connectivity index (χ0v) is 65.3.